The molecule has 0 aliphatic heterocycles. The summed E-state index contributed by atoms with van der Waals surface area (Å²) in [6.45, 7) is 0.198. The van der Waals surface area contributed by atoms with E-state index in [-0.39, 0.29) is 11.5 Å². The summed E-state index contributed by atoms with van der Waals surface area (Å²) >= 11 is 1.14. The monoisotopic (exact) mass is 250 g/mol. The van der Waals surface area contributed by atoms with Crippen molar-refractivity contribution in [1.82, 2.24) is 9.97 Å². The standard InChI is InChI=1S/C11H10N2O3S/c1-16-6-8-9(11(14)15)17-10(13-8)7-2-4-12-5-3-7/h2-5H,6H2,1H3,(H,14,15). The Kier molecular flexibility index (Phi) is 3.46. The number of hydrogen-bond acceptors (Lipinski definition) is 5. The highest BCUT2D eigenvalue weighted by Gasteiger charge is 2.17. The molecule has 2 rings (SSSR count). The van der Waals surface area contributed by atoms with Crippen LogP contribution >= 0.6 is 11.3 Å². The molecule has 0 aliphatic carbocycles. The van der Waals surface area contributed by atoms with Crippen molar-refractivity contribution in [2.75, 3.05) is 7.11 Å². The summed E-state index contributed by atoms with van der Waals surface area (Å²) in [5, 5.41) is 9.72. The predicted molar refractivity (Wildman–Crippen MR) is 63.0 cm³/mol. The van der Waals surface area contributed by atoms with Gasteiger partial charge in [-0.05, 0) is 12.1 Å². The summed E-state index contributed by atoms with van der Waals surface area (Å²) < 4.78 is 4.94. The van der Waals surface area contributed by atoms with Gasteiger partial charge in [-0.3, -0.25) is 4.98 Å². The molecule has 88 valence electrons. The second-order valence-electron chi connectivity index (χ2n) is 3.27. The van der Waals surface area contributed by atoms with E-state index in [2.05, 4.69) is 9.97 Å². The second-order valence-corrected chi connectivity index (χ2v) is 4.27. The first-order chi connectivity index (χ1) is 8.22. The van der Waals surface area contributed by atoms with Crippen molar-refractivity contribution < 1.29 is 14.6 Å². The van der Waals surface area contributed by atoms with Gasteiger partial charge in [-0.2, -0.15) is 0 Å². The molecule has 2 aromatic rings. The molecular weight excluding hydrogens is 240 g/mol. The molecular formula is C11H10N2O3S. The lowest BCUT2D eigenvalue weighted by Crippen LogP contribution is -1.99. The third kappa shape index (κ3) is 2.48. The van der Waals surface area contributed by atoms with Crippen LogP contribution < -0.4 is 0 Å². The summed E-state index contributed by atoms with van der Waals surface area (Å²) in [5.41, 5.74) is 1.31. The molecule has 0 saturated heterocycles. The fourth-order valence-corrected chi connectivity index (χ4v) is 2.28. The number of carboxylic acid groups (broad SMARTS) is 1. The fraction of sp³-hybridized carbons (Fsp3) is 0.182. The zero-order chi connectivity index (χ0) is 12.3. The van der Waals surface area contributed by atoms with Crippen LogP contribution in [0.15, 0.2) is 24.5 Å². The van der Waals surface area contributed by atoms with Gasteiger partial charge >= 0.3 is 5.97 Å². The first-order valence-electron chi connectivity index (χ1n) is 4.84. The molecule has 0 amide bonds. The van der Waals surface area contributed by atoms with Crippen LogP contribution in [-0.4, -0.2) is 28.2 Å². The molecule has 0 aliphatic rings. The molecule has 0 fully saturated rings. The Morgan fingerprint density at radius 2 is 2.18 bits per heavy atom. The molecule has 0 saturated carbocycles. The third-order valence-corrected chi connectivity index (χ3v) is 3.23. The largest absolute Gasteiger partial charge is 0.477 e. The number of thiazole rings is 1. The van der Waals surface area contributed by atoms with E-state index in [1.165, 1.54) is 7.11 Å². The quantitative estimate of drug-likeness (QED) is 0.899. The summed E-state index contributed by atoms with van der Waals surface area (Å²) in [6, 6.07) is 3.59. The van der Waals surface area contributed by atoms with Gasteiger partial charge in [-0.25, -0.2) is 9.78 Å². The Morgan fingerprint density at radius 3 is 2.76 bits per heavy atom. The van der Waals surface area contributed by atoms with Crippen molar-refractivity contribution >= 4 is 17.3 Å². The van der Waals surface area contributed by atoms with Crippen molar-refractivity contribution in [3.8, 4) is 10.6 Å². The van der Waals surface area contributed by atoms with Gasteiger partial charge in [-0.1, -0.05) is 0 Å². The van der Waals surface area contributed by atoms with Gasteiger partial charge in [0, 0.05) is 25.1 Å². The maximum Gasteiger partial charge on any atom is 0.347 e. The lowest BCUT2D eigenvalue weighted by molar-refractivity contribution is 0.0697. The van der Waals surface area contributed by atoms with Gasteiger partial charge < -0.3 is 9.84 Å². The zero-order valence-electron chi connectivity index (χ0n) is 9.08. The predicted octanol–water partition coefficient (Wildman–Crippen LogP) is 2.05. The number of carboxylic acids is 1. The Bertz CT molecular complexity index is 525. The minimum absolute atomic E-state index is 0.198. The number of aromatic carboxylic acids is 1. The van der Waals surface area contributed by atoms with Crippen LogP contribution in [0.1, 0.15) is 15.4 Å². The molecule has 0 unspecified atom stereocenters. The maximum absolute atomic E-state index is 11.0. The van der Waals surface area contributed by atoms with Crippen LogP contribution in [0, 0.1) is 0 Å². The van der Waals surface area contributed by atoms with Gasteiger partial charge in [0.25, 0.3) is 0 Å². The summed E-state index contributed by atoms with van der Waals surface area (Å²) in [4.78, 5) is 19.4. The molecule has 6 heteroatoms. The fourth-order valence-electron chi connectivity index (χ4n) is 1.37. The van der Waals surface area contributed by atoms with Crippen molar-refractivity contribution in [2.45, 2.75) is 6.61 Å². The lowest BCUT2D eigenvalue weighted by Gasteiger charge is -1.95. The number of hydrogen-bond donors (Lipinski definition) is 1. The maximum atomic E-state index is 11.0. The number of nitrogens with zero attached hydrogens (tertiary/aromatic N) is 2. The van der Waals surface area contributed by atoms with E-state index in [1.807, 2.05) is 0 Å². The van der Waals surface area contributed by atoms with Crippen LogP contribution in [0.2, 0.25) is 0 Å². The van der Waals surface area contributed by atoms with E-state index >= 15 is 0 Å². The van der Waals surface area contributed by atoms with E-state index in [0.717, 1.165) is 16.9 Å². The van der Waals surface area contributed by atoms with E-state index < -0.39 is 5.97 Å². The number of aromatic nitrogens is 2. The van der Waals surface area contributed by atoms with Crippen LogP contribution in [0.5, 0.6) is 0 Å². The SMILES string of the molecule is COCc1nc(-c2ccncc2)sc1C(=O)O. The molecule has 1 N–H and O–H groups in total. The van der Waals surface area contributed by atoms with Crippen molar-refractivity contribution in [3.05, 3.63) is 35.1 Å². The van der Waals surface area contributed by atoms with Gasteiger partial charge in [-0.15, -0.1) is 11.3 Å². The average Bonchev–Trinajstić information content (AvgIpc) is 2.75. The van der Waals surface area contributed by atoms with Gasteiger partial charge in [0.1, 0.15) is 9.88 Å². The first kappa shape index (κ1) is 11.7. The molecule has 0 aromatic carbocycles. The summed E-state index contributed by atoms with van der Waals surface area (Å²) in [6.07, 6.45) is 3.29. The lowest BCUT2D eigenvalue weighted by atomic mass is 10.3. The van der Waals surface area contributed by atoms with E-state index in [0.29, 0.717) is 10.7 Å². The smallest absolute Gasteiger partial charge is 0.347 e. The van der Waals surface area contributed by atoms with Crippen LogP contribution in [0.25, 0.3) is 10.6 Å². The van der Waals surface area contributed by atoms with Gasteiger partial charge in [0.05, 0.1) is 12.3 Å². The molecule has 0 radical (unpaired) electrons. The second kappa shape index (κ2) is 5.03. The average molecular weight is 250 g/mol. The molecule has 2 aromatic heterocycles. The third-order valence-electron chi connectivity index (χ3n) is 2.10. The Balaban J connectivity index is 2.44. The first-order valence-corrected chi connectivity index (χ1v) is 5.66. The van der Waals surface area contributed by atoms with Gasteiger partial charge in [0.2, 0.25) is 0 Å². The van der Waals surface area contributed by atoms with Gasteiger partial charge in [0.15, 0.2) is 0 Å². The summed E-state index contributed by atoms with van der Waals surface area (Å²) in [5.74, 6) is -0.977. The topological polar surface area (TPSA) is 72.3 Å². The Labute approximate surface area is 102 Å². The van der Waals surface area contributed by atoms with E-state index in [1.54, 1.807) is 24.5 Å². The number of pyridine rings is 1. The summed E-state index contributed by atoms with van der Waals surface area (Å²) in [7, 11) is 1.51. The minimum Gasteiger partial charge on any atom is -0.477 e. The highest BCUT2D eigenvalue weighted by Crippen LogP contribution is 2.28. The molecule has 2 heterocycles. The number of ether oxygens (including phenoxy) is 1. The van der Waals surface area contributed by atoms with Crippen LogP contribution in [-0.2, 0) is 11.3 Å². The highest BCUT2D eigenvalue weighted by atomic mass is 32.1. The van der Waals surface area contributed by atoms with Crippen LogP contribution in [0.4, 0.5) is 0 Å². The number of rotatable bonds is 4. The number of methoxy groups -OCH3 is 1. The molecule has 0 bridgehead atoms. The van der Waals surface area contributed by atoms with Crippen LogP contribution in [0.3, 0.4) is 0 Å². The molecule has 0 atom stereocenters. The van der Waals surface area contributed by atoms with E-state index in [9.17, 15) is 4.79 Å². The number of carbonyl (C=O) groups is 1. The molecule has 17 heavy (non-hydrogen) atoms. The van der Waals surface area contributed by atoms with Crippen molar-refractivity contribution in [1.29, 1.82) is 0 Å². The van der Waals surface area contributed by atoms with E-state index in [4.69, 9.17) is 9.84 Å². The minimum atomic E-state index is -0.977. The normalized spacial score (nSPS) is 10.4. The van der Waals surface area contributed by atoms with Crippen molar-refractivity contribution in [2.24, 2.45) is 0 Å². The molecule has 0 spiro atoms. The zero-order valence-corrected chi connectivity index (χ0v) is 9.90. The Morgan fingerprint density at radius 1 is 1.47 bits per heavy atom. The van der Waals surface area contributed by atoms with Crippen molar-refractivity contribution in [3.63, 3.8) is 0 Å². The Hall–Kier alpha value is -1.79. The molecule has 5 nitrogen and oxygen atoms in total. The highest BCUT2D eigenvalue weighted by molar-refractivity contribution is 7.17.